The molecule has 0 aliphatic rings. The van der Waals surface area contributed by atoms with E-state index in [1.54, 1.807) is 0 Å². The van der Waals surface area contributed by atoms with Crippen LogP contribution >= 0.6 is 0 Å². The zero-order valence-electron chi connectivity index (χ0n) is 9.12. The Morgan fingerprint density at radius 3 is 2.53 bits per heavy atom. The number of amides is 1. The highest BCUT2D eigenvalue weighted by Crippen LogP contribution is 1.92. The highest BCUT2D eigenvalue weighted by molar-refractivity contribution is 7.89. The van der Waals surface area contributed by atoms with E-state index in [2.05, 4.69) is 10.0 Å². The van der Waals surface area contributed by atoms with Crippen LogP contribution in [0.15, 0.2) is 0 Å². The van der Waals surface area contributed by atoms with Crippen molar-refractivity contribution >= 4 is 15.9 Å². The van der Waals surface area contributed by atoms with Crippen molar-refractivity contribution in [3.8, 4) is 0 Å². The monoisotopic (exact) mass is 237 g/mol. The van der Waals surface area contributed by atoms with Gasteiger partial charge in [-0.05, 0) is 13.5 Å². The lowest BCUT2D eigenvalue weighted by atomic mass is 10.2. The predicted molar refractivity (Wildman–Crippen MR) is 58.7 cm³/mol. The topological polar surface area (TPSA) is 101 Å². The summed E-state index contributed by atoms with van der Waals surface area (Å²) in [6.07, 6.45) is 1.42. The van der Waals surface area contributed by atoms with Gasteiger partial charge in [-0.15, -0.1) is 0 Å². The van der Waals surface area contributed by atoms with Gasteiger partial charge >= 0.3 is 0 Å². The molecular weight excluding hydrogens is 218 g/mol. The first-order valence-corrected chi connectivity index (χ1v) is 6.52. The number of nitrogens with two attached hydrogens (primary N) is 1. The molecule has 90 valence electrons. The minimum absolute atomic E-state index is 0.0828. The highest BCUT2D eigenvalue weighted by atomic mass is 32.2. The van der Waals surface area contributed by atoms with Crippen LogP contribution in [0.25, 0.3) is 0 Å². The van der Waals surface area contributed by atoms with Gasteiger partial charge in [0.05, 0.1) is 11.8 Å². The van der Waals surface area contributed by atoms with Crippen LogP contribution in [-0.2, 0) is 14.8 Å². The summed E-state index contributed by atoms with van der Waals surface area (Å²) in [5.41, 5.74) is 5.53. The minimum Gasteiger partial charge on any atom is -0.354 e. The number of nitrogens with one attached hydrogen (secondary N) is 2. The Morgan fingerprint density at radius 1 is 1.47 bits per heavy atom. The fraction of sp³-hybridized carbons (Fsp3) is 0.875. The summed E-state index contributed by atoms with van der Waals surface area (Å²) in [5.74, 6) is -0.434. The molecule has 0 aromatic carbocycles. The average molecular weight is 237 g/mol. The molecule has 0 aliphatic carbocycles. The second-order valence-corrected chi connectivity index (χ2v) is 5.26. The third-order valence-corrected chi connectivity index (χ3v) is 3.28. The fourth-order valence-electron chi connectivity index (χ4n) is 0.984. The molecule has 0 aromatic heterocycles. The largest absolute Gasteiger partial charge is 0.354 e. The Kier molecular flexibility index (Phi) is 6.46. The molecule has 6 nitrogen and oxygen atoms in total. The molecule has 1 atom stereocenters. The molecule has 0 fully saturated rings. The van der Waals surface area contributed by atoms with Crippen molar-refractivity contribution < 1.29 is 13.2 Å². The molecular formula is C8H19N3O3S. The summed E-state index contributed by atoms with van der Waals surface area (Å²) in [6.45, 7) is 2.01. The van der Waals surface area contributed by atoms with E-state index in [-0.39, 0.29) is 18.2 Å². The Morgan fingerprint density at radius 2 is 2.07 bits per heavy atom. The molecule has 0 bridgehead atoms. The Hall–Kier alpha value is -0.660. The molecule has 0 heterocycles. The maximum absolute atomic E-state index is 11.3. The summed E-state index contributed by atoms with van der Waals surface area (Å²) < 4.78 is 24.1. The van der Waals surface area contributed by atoms with Crippen LogP contribution in [0.1, 0.15) is 19.8 Å². The van der Waals surface area contributed by atoms with Crippen LogP contribution in [0.5, 0.6) is 0 Å². The maximum Gasteiger partial charge on any atom is 0.236 e. The number of carbonyl (C=O) groups is 1. The van der Waals surface area contributed by atoms with Crippen LogP contribution in [0.3, 0.4) is 0 Å². The Labute approximate surface area is 90.7 Å². The Bertz CT molecular complexity index is 290. The number of hydrogen-bond acceptors (Lipinski definition) is 4. The second-order valence-electron chi connectivity index (χ2n) is 3.21. The van der Waals surface area contributed by atoms with Gasteiger partial charge in [-0.1, -0.05) is 13.3 Å². The molecule has 0 unspecified atom stereocenters. The normalized spacial score (nSPS) is 13.5. The Balaban J connectivity index is 3.82. The van der Waals surface area contributed by atoms with Gasteiger partial charge in [0.2, 0.25) is 15.9 Å². The van der Waals surface area contributed by atoms with E-state index in [1.165, 1.54) is 7.05 Å². The first-order chi connectivity index (χ1) is 6.93. The zero-order valence-corrected chi connectivity index (χ0v) is 9.93. The maximum atomic E-state index is 11.3. The molecule has 4 N–H and O–H groups in total. The van der Waals surface area contributed by atoms with E-state index in [1.807, 2.05) is 6.92 Å². The summed E-state index contributed by atoms with van der Waals surface area (Å²) >= 11 is 0. The number of hydrogen-bond donors (Lipinski definition) is 3. The number of sulfonamides is 1. The van der Waals surface area contributed by atoms with E-state index >= 15 is 0 Å². The second kappa shape index (κ2) is 6.76. The average Bonchev–Trinajstić information content (AvgIpc) is 2.18. The highest BCUT2D eigenvalue weighted by Gasteiger charge is 2.13. The molecule has 0 radical (unpaired) electrons. The first-order valence-electron chi connectivity index (χ1n) is 4.87. The van der Waals surface area contributed by atoms with Crippen molar-refractivity contribution in [3.05, 3.63) is 0 Å². The van der Waals surface area contributed by atoms with Crippen LogP contribution in [0.4, 0.5) is 0 Å². The van der Waals surface area contributed by atoms with Gasteiger partial charge in [0.1, 0.15) is 0 Å². The molecule has 1 amide bonds. The van der Waals surface area contributed by atoms with E-state index in [9.17, 15) is 13.2 Å². The summed E-state index contributed by atoms with van der Waals surface area (Å²) in [5, 5.41) is 2.47. The quantitative estimate of drug-likeness (QED) is 0.516. The van der Waals surface area contributed by atoms with Gasteiger partial charge in [-0.25, -0.2) is 13.1 Å². The zero-order chi connectivity index (χ0) is 11.9. The van der Waals surface area contributed by atoms with Crippen molar-refractivity contribution in [1.29, 1.82) is 0 Å². The van der Waals surface area contributed by atoms with Gasteiger partial charge in [0.25, 0.3) is 0 Å². The van der Waals surface area contributed by atoms with Gasteiger partial charge < -0.3 is 11.1 Å². The molecule has 0 aromatic rings. The van der Waals surface area contributed by atoms with Crippen molar-refractivity contribution in [1.82, 2.24) is 10.0 Å². The third kappa shape index (κ3) is 6.43. The molecule has 0 rings (SSSR count). The molecule has 0 saturated carbocycles. The van der Waals surface area contributed by atoms with Crippen molar-refractivity contribution in [3.63, 3.8) is 0 Å². The van der Waals surface area contributed by atoms with E-state index in [0.717, 1.165) is 6.42 Å². The standard InChI is InChI=1S/C8H19N3O3S/c1-3-4-7(9)8(12)11-5-6-15(13,14)10-2/h7,10H,3-6,9H2,1-2H3,(H,11,12)/t7-/m0/s1. The van der Waals surface area contributed by atoms with Gasteiger partial charge in [-0.2, -0.15) is 0 Å². The van der Waals surface area contributed by atoms with Crippen LogP contribution in [-0.4, -0.2) is 39.7 Å². The lowest BCUT2D eigenvalue weighted by molar-refractivity contribution is -0.122. The molecule has 0 saturated heterocycles. The number of rotatable bonds is 7. The minimum atomic E-state index is -3.26. The molecule has 0 aliphatic heterocycles. The first kappa shape index (κ1) is 14.3. The van der Waals surface area contributed by atoms with Crippen molar-refractivity contribution in [2.45, 2.75) is 25.8 Å². The van der Waals surface area contributed by atoms with E-state index < -0.39 is 16.1 Å². The van der Waals surface area contributed by atoms with Gasteiger partial charge in [-0.3, -0.25) is 4.79 Å². The lowest BCUT2D eigenvalue weighted by Gasteiger charge is -2.10. The van der Waals surface area contributed by atoms with E-state index in [4.69, 9.17) is 5.73 Å². The summed E-state index contributed by atoms with van der Waals surface area (Å²) in [6, 6.07) is -0.549. The summed E-state index contributed by atoms with van der Waals surface area (Å²) in [4.78, 5) is 11.3. The van der Waals surface area contributed by atoms with Gasteiger partial charge in [0, 0.05) is 6.54 Å². The lowest BCUT2D eigenvalue weighted by Crippen LogP contribution is -2.42. The molecule has 7 heteroatoms. The van der Waals surface area contributed by atoms with E-state index in [0.29, 0.717) is 6.42 Å². The van der Waals surface area contributed by atoms with Gasteiger partial charge in [0.15, 0.2) is 0 Å². The predicted octanol–water partition coefficient (Wildman–Crippen LogP) is -1.22. The van der Waals surface area contributed by atoms with Crippen LogP contribution in [0.2, 0.25) is 0 Å². The summed E-state index contributed by atoms with van der Waals surface area (Å²) in [7, 11) is -1.93. The van der Waals surface area contributed by atoms with Crippen LogP contribution in [0, 0.1) is 0 Å². The smallest absolute Gasteiger partial charge is 0.236 e. The van der Waals surface area contributed by atoms with Crippen LogP contribution < -0.4 is 15.8 Å². The molecule has 0 spiro atoms. The van der Waals surface area contributed by atoms with Crippen molar-refractivity contribution in [2.24, 2.45) is 5.73 Å². The number of carbonyl (C=O) groups excluding carboxylic acids is 1. The molecule has 15 heavy (non-hydrogen) atoms. The third-order valence-electron chi connectivity index (χ3n) is 1.92. The van der Waals surface area contributed by atoms with Crippen molar-refractivity contribution in [2.75, 3.05) is 19.3 Å². The fourth-order valence-corrected chi connectivity index (χ4v) is 1.56. The SMILES string of the molecule is CCC[C@H](N)C(=O)NCCS(=O)(=O)NC.